The summed E-state index contributed by atoms with van der Waals surface area (Å²) in [6.45, 7) is 7.82. The number of hydrogen-bond acceptors (Lipinski definition) is 6. The molecular formula is C13H22N4O2S. The summed E-state index contributed by atoms with van der Waals surface area (Å²) < 4.78 is 4.41. The van der Waals surface area contributed by atoms with Crippen LogP contribution in [-0.2, 0) is 10.2 Å². The quantitative estimate of drug-likeness (QED) is 0.865. The van der Waals surface area contributed by atoms with Crippen LogP contribution < -0.4 is 10.6 Å². The standard InChI is InChI=1S/C13H22N4O2S/c1-13(2,3)11-15-12(20-16-11)17-6-4-8(5-7-17)9(18)10(14)19/h8-9,18H,4-7H2,1-3H3,(H2,14,19). The Morgan fingerprint density at radius 2 is 2.05 bits per heavy atom. The monoisotopic (exact) mass is 298 g/mol. The van der Waals surface area contributed by atoms with Crippen molar-refractivity contribution in [3.05, 3.63) is 5.82 Å². The first-order valence-electron chi connectivity index (χ1n) is 6.85. The molecule has 0 aliphatic carbocycles. The van der Waals surface area contributed by atoms with Crippen LogP contribution in [0.4, 0.5) is 5.13 Å². The zero-order valence-corrected chi connectivity index (χ0v) is 13.0. The van der Waals surface area contributed by atoms with Gasteiger partial charge in [-0.25, -0.2) is 4.98 Å². The molecule has 0 bridgehead atoms. The molecule has 0 aromatic carbocycles. The van der Waals surface area contributed by atoms with Gasteiger partial charge in [-0.15, -0.1) is 0 Å². The fraction of sp³-hybridized carbons (Fsp3) is 0.769. The number of aliphatic hydroxyl groups excluding tert-OH is 1. The molecule has 7 heteroatoms. The molecule has 112 valence electrons. The van der Waals surface area contributed by atoms with E-state index >= 15 is 0 Å². The van der Waals surface area contributed by atoms with Crippen molar-refractivity contribution < 1.29 is 9.90 Å². The lowest BCUT2D eigenvalue weighted by atomic mass is 9.91. The van der Waals surface area contributed by atoms with Crippen LogP contribution in [0.15, 0.2) is 0 Å². The second-order valence-electron chi connectivity index (χ2n) is 6.32. The summed E-state index contributed by atoms with van der Waals surface area (Å²) in [5.74, 6) is 0.185. The first-order valence-corrected chi connectivity index (χ1v) is 7.63. The Morgan fingerprint density at radius 1 is 1.45 bits per heavy atom. The maximum absolute atomic E-state index is 11.0. The van der Waals surface area contributed by atoms with Crippen LogP contribution >= 0.6 is 11.5 Å². The number of aromatic nitrogens is 2. The van der Waals surface area contributed by atoms with Gasteiger partial charge in [0.05, 0.1) is 0 Å². The van der Waals surface area contributed by atoms with Gasteiger partial charge in [0.2, 0.25) is 11.0 Å². The molecule has 3 N–H and O–H groups in total. The zero-order valence-electron chi connectivity index (χ0n) is 12.2. The Bertz CT molecular complexity index is 475. The van der Waals surface area contributed by atoms with Gasteiger partial charge < -0.3 is 15.7 Å². The van der Waals surface area contributed by atoms with Crippen LogP contribution in [-0.4, -0.2) is 39.6 Å². The summed E-state index contributed by atoms with van der Waals surface area (Å²) in [6, 6.07) is 0. The van der Waals surface area contributed by atoms with E-state index in [1.807, 2.05) is 0 Å². The van der Waals surface area contributed by atoms with Crippen LogP contribution in [0.2, 0.25) is 0 Å². The molecule has 0 spiro atoms. The number of rotatable bonds is 3. The maximum Gasteiger partial charge on any atom is 0.246 e. The van der Waals surface area contributed by atoms with Crippen molar-refractivity contribution in [2.75, 3.05) is 18.0 Å². The van der Waals surface area contributed by atoms with Crippen molar-refractivity contribution in [2.45, 2.75) is 45.1 Å². The number of carbonyl (C=O) groups excluding carboxylic acids is 1. The first-order chi connectivity index (χ1) is 9.29. The number of carbonyl (C=O) groups is 1. The van der Waals surface area contributed by atoms with Crippen molar-refractivity contribution in [1.82, 2.24) is 9.36 Å². The fourth-order valence-corrected chi connectivity index (χ4v) is 3.20. The van der Waals surface area contributed by atoms with E-state index < -0.39 is 12.0 Å². The number of nitrogens with two attached hydrogens (primary N) is 1. The van der Waals surface area contributed by atoms with E-state index in [4.69, 9.17) is 5.73 Å². The van der Waals surface area contributed by atoms with Crippen LogP contribution in [0.5, 0.6) is 0 Å². The molecule has 2 heterocycles. The molecule has 6 nitrogen and oxygen atoms in total. The average Bonchev–Trinajstić information content (AvgIpc) is 2.87. The van der Waals surface area contributed by atoms with E-state index in [-0.39, 0.29) is 11.3 Å². The van der Waals surface area contributed by atoms with E-state index in [1.165, 1.54) is 11.5 Å². The Balaban J connectivity index is 1.97. The lowest BCUT2D eigenvalue weighted by Crippen LogP contribution is -2.42. The summed E-state index contributed by atoms with van der Waals surface area (Å²) >= 11 is 1.41. The molecule has 2 rings (SSSR count). The molecule has 0 radical (unpaired) electrons. The third-order valence-corrected chi connectivity index (χ3v) is 4.41. The van der Waals surface area contributed by atoms with Gasteiger partial charge in [-0.1, -0.05) is 20.8 Å². The number of amides is 1. The lowest BCUT2D eigenvalue weighted by molar-refractivity contribution is -0.129. The minimum atomic E-state index is -1.03. The third-order valence-electron chi connectivity index (χ3n) is 3.63. The number of primary amides is 1. The second-order valence-corrected chi connectivity index (χ2v) is 7.05. The molecule has 1 atom stereocenters. The highest BCUT2D eigenvalue weighted by atomic mass is 32.1. The molecule has 20 heavy (non-hydrogen) atoms. The van der Waals surface area contributed by atoms with Crippen LogP contribution in [0.3, 0.4) is 0 Å². The molecule has 0 saturated carbocycles. The average molecular weight is 298 g/mol. The Labute approximate surface area is 123 Å². The minimum absolute atomic E-state index is 0.0428. The summed E-state index contributed by atoms with van der Waals surface area (Å²) in [7, 11) is 0. The van der Waals surface area contributed by atoms with Crippen molar-refractivity contribution in [1.29, 1.82) is 0 Å². The molecule has 1 aliphatic rings. The number of nitrogens with zero attached hydrogens (tertiary/aromatic N) is 3. The van der Waals surface area contributed by atoms with Crippen molar-refractivity contribution in [3.63, 3.8) is 0 Å². The number of aliphatic hydroxyl groups is 1. The normalized spacial score (nSPS) is 19.1. The summed E-state index contributed by atoms with van der Waals surface area (Å²) in [6.07, 6.45) is 0.458. The van der Waals surface area contributed by atoms with E-state index in [1.54, 1.807) is 0 Å². The third kappa shape index (κ3) is 3.27. The highest BCUT2D eigenvalue weighted by Gasteiger charge is 2.30. The van der Waals surface area contributed by atoms with Gasteiger partial charge in [0.25, 0.3) is 0 Å². The second kappa shape index (κ2) is 5.65. The minimum Gasteiger partial charge on any atom is -0.383 e. The number of hydrogen-bond donors (Lipinski definition) is 2. The topological polar surface area (TPSA) is 92.3 Å². The van der Waals surface area contributed by atoms with Crippen molar-refractivity contribution in [2.24, 2.45) is 11.7 Å². The largest absolute Gasteiger partial charge is 0.383 e. The molecular weight excluding hydrogens is 276 g/mol. The highest BCUT2D eigenvalue weighted by Crippen LogP contribution is 2.29. The lowest BCUT2D eigenvalue weighted by Gasteiger charge is -2.32. The maximum atomic E-state index is 11.0. The van der Waals surface area contributed by atoms with Gasteiger partial charge in [-0.3, -0.25) is 4.79 Å². The van der Waals surface area contributed by atoms with Gasteiger partial charge in [0.1, 0.15) is 11.9 Å². The fourth-order valence-electron chi connectivity index (χ4n) is 2.29. The van der Waals surface area contributed by atoms with E-state index in [9.17, 15) is 9.90 Å². The molecule has 1 fully saturated rings. The Kier molecular flexibility index (Phi) is 4.29. The van der Waals surface area contributed by atoms with Crippen molar-refractivity contribution >= 4 is 22.6 Å². The van der Waals surface area contributed by atoms with Crippen molar-refractivity contribution in [3.8, 4) is 0 Å². The molecule has 1 aromatic heterocycles. The van der Waals surface area contributed by atoms with Gasteiger partial charge in [-0.2, -0.15) is 4.37 Å². The predicted octanol–water partition coefficient (Wildman–Crippen LogP) is 0.898. The van der Waals surface area contributed by atoms with Gasteiger partial charge in [0.15, 0.2) is 0 Å². The van der Waals surface area contributed by atoms with Gasteiger partial charge in [0, 0.05) is 30.0 Å². The molecule has 1 aromatic rings. The Hall–Kier alpha value is -1.21. The molecule has 1 amide bonds. The smallest absolute Gasteiger partial charge is 0.246 e. The van der Waals surface area contributed by atoms with Crippen LogP contribution in [0, 0.1) is 5.92 Å². The predicted molar refractivity (Wildman–Crippen MR) is 78.7 cm³/mol. The van der Waals surface area contributed by atoms with Gasteiger partial charge >= 0.3 is 0 Å². The number of piperidine rings is 1. The van der Waals surface area contributed by atoms with E-state index in [0.717, 1.165) is 36.9 Å². The number of anilines is 1. The van der Waals surface area contributed by atoms with E-state index in [0.29, 0.717) is 0 Å². The summed E-state index contributed by atoms with van der Waals surface area (Å²) in [5, 5.41) is 10.6. The van der Waals surface area contributed by atoms with E-state index in [2.05, 4.69) is 35.0 Å². The van der Waals surface area contributed by atoms with Crippen LogP contribution in [0.1, 0.15) is 39.4 Å². The first kappa shape index (κ1) is 15.2. The molecule has 1 aliphatic heterocycles. The highest BCUT2D eigenvalue weighted by molar-refractivity contribution is 7.09. The molecule has 1 unspecified atom stereocenters. The van der Waals surface area contributed by atoms with Gasteiger partial charge in [-0.05, 0) is 18.8 Å². The zero-order chi connectivity index (χ0) is 14.9. The Morgan fingerprint density at radius 3 is 2.50 bits per heavy atom. The summed E-state index contributed by atoms with van der Waals surface area (Å²) in [4.78, 5) is 17.8. The molecule has 1 saturated heterocycles. The summed E-state index contributed by atoms with van der Waals surface area (Å²) in [5.41, 5.74) is 5.09. The van der Waals surface area contributed by atoms with Crippen LogP contribution in [0.25, 0.3) is 0 Å². The SMILES string of the molecule is CC(C)(C)c1nsc(N2CCC(C(O)C(N)=O)CC2)n1.